The standard InChI is InChI=1S/C6H18O3Si3.C2H10OSi2/c1-10(2)7-11(3,4)9-12(5,6)8-10;1-4-3-5-2/h1-6H3;4-5H2,1-2H3. The molecule has 0 atom stereocenters. The van der Waals surface area contributed by atoms with Crippen LogP contribution in [0.5, 0.6) is 0 Å². The first kappa shape index (κ1) is 17.9. The Balaban J connectivity index is 0.000000437. The zero-order valence-corrected chi connectivity index (χ0v) is 18.4. The first-order valence-corrected chi connectivity index (χ1v) is 18.6. The molecule has 0 radical (unpaired) electrons. The van der Waals surface area contributed by atoms with E-state index >= 15 is 0 Å². The van der Waals surface area contributed by atoms with Crippen LogP contribution in [0.2, 0.25) is 52.4 Å². The zero-order chi connectivity index (χ0) is 13.7. The van der Waals surface area contributed by atoms with Gasteiger partial charge < -0.3 is 16.5 Å². The summed E-state index contributed by atoms with van der Waals surface area (Å²) in [6.07, 6.45) is 0. The molecule has 0 N–H and O–H groups in total. The van der Waals surface area contributed by atoms with Gasteiger partial charge in [0.25, 0.3) is 0 Å². The summed E-state index contributed by atoms with van der Waals surface area (Å²) in [4.78, 5) is 0. The molecule has 0 spiro atoms. The van der Waals surface area contributed by atoms with E-state index in [1.54, 1.807) is 0 Å². The summed E-state index contributed by atoms with van der Waals surface area (Å²) in [5.74, 6) is 0. The third-order valence-corrected chi connectivity index (χ3v) is 16.9. The lowest BCUT2D eigenvalue weighted by atomic mass is 11.9. The van der Waals surface area contributed by atoms with Crippen molar-refractivity contribution in [2.75, 3.05) is 0 Å². The van der Waals surface area contributed by atoms with Gasteiger partial charge in [-0.25, -0.2) is 0 Å². The second kappa shape index (κ2) is 6.91. The summed E-state index contributed by atoms with van der Waals surface area (Å²) in [6, 6.07) is 0. The lowest BCUT2D eigenvalue weighted by Crippen LogP contribution is -2.64. The molecule has 4 nitrogen and oxygen atoms in total. The van der Waals surface area contributed by atoms with Crippen LogP contribution < -0.4 is 0 Å². The molecule has 0 saturated carbocycles. The second-order valence-corrected chi connectivity index (χ2v) is 18.9. The smallest absolute Gasteiger partial charge is 0.314 e. The minimum absolute atomic E-state index is 0.0243. The summed E-state index contributed by atoms with van der Waals surface area (Å²) in [5.41, 5.74) is 0. The Labute approximate surface area is 114 Å². The highest BCUT2D eigenvalue weighted by atomic mass is 28.5. The van der Waals surface area contributed by atoms with Crippen LogP contribution in [0.4, 0.5) is 0 Å². The summed E-state index contributed by atoms with van der Waals surface area (Å²) < 4.78 is 22.7. The molecule has 9 heteroatoms. The highest BCUT2D eigenvalue weighted by Gasteiger charge is 2.49. The van der Waals surface area contributed by atoms with E-state index in [0.717, 1.165) is 0 Å². The maximum atomic E-state index is 5.86. The fourth-order valence-electron chi connectivity index (χ4n) is 2.04. The largest absolute Gasteiger partial charge is 0.466 e. The van der Waals surface area contributed by atoms with Crippen LogP contribution in [0.15, 0.2) is 0 Å². The van der Waals surface area contributed by atoms with Crippen molar-refractivity contribution in [3.63, 3.8) is 0 Å². The molecule has 0 aromatic heterocycles. The van der Waals surface area contributed by atoms with Gasteiger partial charge in [-0.15, -0.1) is 0 Å². The third-order valence-electron chi connectivity index (χ3n) is 1.88. The van der Waals surface area contributed by atoms with Gasteiger partial charge in [0.1, 0.15) is 19.5 Å². The van der Waals surface area contributed by atoms with Crippen LogP contribution in [0.3, 0.4) is 0 Å². The topological polar surface area (TPSA) is 36.9 Å². The van der Waals surface area contributed by atoms with E-state index in [1.807, 2.05) is 0 Å². The Morgan fingerprint density at radius 3 is 1.00 bits per heavy atom. The molecular weight excluding hydrogens is 301 g/mol. The van der Waals surface area contributed by atoms with Gasteiger partial charge in [0.15, 0.2) is 0 Å². The predicted octanol–water partition coefficient (Wildman–Crippen LogP) is 1.42. The fourth-order valence-corrected chi connectivity index (χ4v) is 19.5. The molecule has 1 fully saturated rings. The quantitative estimate of drug-likeness (QED) is 0.719. The van der Waals surface area contributed by atoms with Crippen LogP contribution >= 0.6 is 0 Å². The molecule has 104 valence electrons. The monoisotopic (exact) mass is 328 g/mol. The highest BCUT2D eigenvalue weighted by Crippen LogP contribution is 2.29. The van der Waals surface area contributed by atoms with E-state index in [1.165, 1.54) is 0 Å². The van der Waals surface area contributed by atoms with Crippen LogP contribution in [-0.4, -0.2) is 45.2 Å². The average molecular weight is 329 g/mol. The Kier molecular flexibility index (Phi) is 7.28. The van der Waals surface area contributed by atoms with Gasteiger partial charge in [-0.1, -0.05) is 13.1 Å². The Morgan fingerprint density at radius 2 is 0.882 bits per heavy atom. The molecule has 0 bridgehead atoms. The van der Waals surface area contributed by atoms with Crippen LogP contribution in [0, 0.1) is 0 Å². The molecule has 1 aliphatic rings. The van der Waals surface area contributed by atoms with Gasteiger partial charge in [0, 0.05) is 0 Å². The molecule has 1 heterocycles. The summed E-state index contributed by atoms with van der Waals surface area (Å²) in [6.45, 7) is 16.9. The van der Waals surface area contributed by atoms with Crippen molar-refractivity contribution in [2.45, 2.75) is 52.4 Å². The molecule has 1 rings (SSSR count). The zero-order valence-electron chi connectivity index (χ0n) is 12.5. The number of rotatable bonds is 2. The van der Waals surface area contributed by atoms with Gasteiger partial charge in [0.05, 0.1) is 0 Å². The van der Waals surface area contributed by atoms with Crippen molar-refractivity contribution >= 4 is 45.2 Å². The molecule has 17 heavy (non-hydrogen) atoms. The molecule has 0 unspecified atom stereocenters. The van der Waals surface area contributed by atoms with E-state index in [-0.39, 0.29) is 19.5 Å². The molecule has 0 aromatic carbocycles. The molecular formula is C8H28O4Si5. The second-order valence-electron chi connectivity index (χ2n) is 5.29. The molecule has 0 aliphatic carbocycles. The third kappa shape index (κ3) is 8.61. The first-order chi connectivity index (χ1) is 7.54. The normalized spacial score (nSPS) is 26.1. The maximum absolute atomic E-state index is 5.86. The lowest BCUT2D eigenvalue weighted by molar-refractivity contribution is 0.238. The van der Waals surface area contributed by atoms with E-state index in [2.05, 4.69) is 52.4 Å². The van der Waals surface area contributed by atoms with Gasteiger partial charge in [-0.2, -0.15) is 0 Å². The predicted molar refractivity (Wildman–Crippen MR) is 85.6 cm³/mol. The number of hydrogen-bond donors (Lipinski definition) is 0. The van der Waals surface area contributed by atoms with Crippen molar-refractivity contribution in [3.05, 3.63) is 0 Å². The molecule has 0 amide bonds. The van der Waals surface area contributed by atoms with Gasteiger partial charge in [0.2, 0.25) is 0 Å². The minimum atomic E-state index is -1.86. The van der Waals surface area contributed by atoms with Crippen molar-refractivity contribution in [3.8, 4) is 0 Å². The Bertz CT molecular complexity index is 187. The summed E-state index contributed by atoms with van der Waals surface area (Å²) in [5, 5.41) is 0. The summed E-state index contributed by atoms with van der Waals surface area (Å²) >= 11 is 0. The van der Waals surface area contributed by atoms with Gasteiger partial charge >= 0.3 is 25.7 Å². The summed E-state index contributed by atoms with van der Waals surface area (Å²) in [7, 11) is -5.64. The van der Waals surface area contributed by atoms with Crippen molar-refractivity contribution in [1.82, 2.24) is 0 Å². The highest BCUT2D eigenvalue weighted by molar-refractivity contribution is 6.92. The maximum Gasteiger partial charge on any atom is 0.314 e. The van der Waals surface area contributed by atoms with Crippen LogP contribution in [0.25, 0.3) is 0 Å². The van der Waals surface area contributed by atoms with Crippen LogP contribution in [0.1, 0.15) is 0 Å². The van der Waals surface area contributed by atoms with Gasteiger partial charge in [-0.3, -0.25) is 0 Å². The van der Waals surface area contributed by atoms with Gasteiger partial charge in [-0.05, 0) is 39.3 Å². The first-order valence-electron chi connectivity index (χ1n) is 6.22. The molecule has 1 aliphatic heterocycles. The fraction of sp³-hybridized carbons (Fsp3) is 1.00. The Morgan fingerprint density at radius 1 is 0.647 bits per heavy atom. The number of hydrogen-bond acceptors (Lipinski definition) is 4. The Hall–Kier alpha value is 0.924. The van der Waals surface area contributed by atoms with E-state index in [4.69, 9.17) is 16.5 Å². The average Bonchev–Trinajstić information content (AvgIpc) is 1.96. The van der Waals surface area contributed by atoms with E-state index in [0.29, 0.717) is 0 Å². The van der Waals surface area contributed by atoms with E-state index < -0.39 is 25.7 Å². The van der Waals surface area contributed by atoms with Crippen molar-refractivity contribution in [1.29, 1.82) is 0 Å². The molecule has 0 aromatic rings. The van der Waals surface area contributed by atoms with Crippen molar-refractivity contribution < 1.29 is 16.5 Å². The van der Waals surface area contributed by atoms with E-state index in [9.17, 15) is 0 Å². The molecule has 1 saturated heterocycles. The van der Waals surface area contributed by atoms with Crippen molar-refractivity contribution in [2.24, 2.45) is 0 Å². The van der Waals surface area contributed by atoms with Crippen LogP contribution in [-0.2, 0) is 16.5 Å². The lowest BCUT2D eigenvalue weighted by Gasteiger charge is -2.46. The minimum Gasteiger partial charge on any atom is -0.466 e. The SMILES string of the molecule is C[SiH2]O[SiH2]C.C[Si]1(C)O[Si](C)(C)O[Si](C)(C)O1.